The molecular formula is C13H17N3O3S. The van der Waals surface area contributed by atoms with Gasteiger partial charge >= 0.3 is 12.0 Å². The predicted octanol–water partition coefficient (Wildman–Crippen LogP) is 1.70. The van der Waals surface area contributed by atoms with Gasteiger partial charge in [0.15, 0.2) is 5.13 Å². The van der Waals surface area contributed by atoms with Crippen molar-refractivity contribution in [1.29, 1.82) is 0 Å². The van der Waals surface area contributed by atoms with E-state index in [2.05, 4.69) is 10.3 Å². The van der Waals surface area contributed by atoms with Crippen LogP contribution < -0.4 is 10.2 Å². The number of anilines is 1. The van der Waals surface area contributed by atoms with Gasteiger partial charge in [0.2, 0.25) is 0 Å². The summed E-state index contributed by atoms with van der Waals surface area (Å²) in [5, 5.41) is 5.19. The topological polar surface area (TPSA) is 71.5 Å². The Hall–Kier alpha value is -1.63. The number of amides is 2. The Labute approximate surface area is 121 Å². The first-order valence-corrected chi connectivity index (χ1v) is 7.79. The molecule has 1 aliphatic carbocycles. The highest BCUT2D eigenvalue weighted by Gasteiger charge is 2.25. The molecule has 1 N–H and O–H groups in total. The van der Waals surface area contributed by atoms with Crippen LogP contribution in [0.2, 0.25) is 0 Å². The molecule has 1 saturated heterocycles. The zero-order chi connectivity index (χ0) is 13.9. The molecule has 7 heteroatoms. The van der Waals surface area contributed by atoms with Crippen LogP contribution in [0.25, 0.3) is 0 Å². The van der Waals surface area contributed by atoms with E-state index in [9.17, 15) is 9.59 Å². The quantitative estimate of drug-likeness (QED) is 0.858. The largest absolute Gasteiger partial charge is 0.462 e. The molecule has 20 heavy (non-hydrogen) atoms. The van der Waals surface area contributed by atoms with Crippen molar-refractivity contribution >= 4 is 28.5 Å². The third-order valence-electron chi connectivity index (χ3n) is 3.55. The van der Waals surface area contributed by atoms with E-state index in [-0.39, 0.29) is 24.5 Å². The SMILES string of the molecule is O=C(Cc1csc(N2CCNC2=O)n1)OC1CCCC1. The van der Waals surface area contributed by atoms with Crippen LogP contribution in [0.1, 0.15) is 31.4 Å². The smallest absolute Gasteiger partial charge is 0.323 e. The van der Waals surface area contributed by atoms with E-state index >= 15 is 0 Å². The van der Waals surface area contributed by atoms with Crippen molar-refractivity contribution in [1.82, 2.24) is 10.3 Å². The van der Waals surface area contributed by atoms with Gasteiger partial charge in [-0.25, -0.2) is 9.78 Å². The Morgan fingerprint density at radius 1 is 1.50 bits per heavy atom. The molecule has 1 saturated carbocycles. The van der Waals surface area contributed by atoms with E-state index in [0.717, 1.165) is 25.7 Å². The number of carbonyl (C=O) groups excluding carboxylic acids is 2. The minimum Gasteiger partial charge on any atom is -0.462 e. The summed E-state index contributed by atoms with van der Waals surface area (Å²) in [7, 11) is 0. The maximum absolute atomic E-state index is 11.8. The highest BCUT2D eigenvalue weighted by molar-refractivity contribution is 7.14. The number of nitrogens with one attached hydrogen (secondary N) is 1. The number of esters is 1. The Balaban J connectivity index is 1.56. The van der Waals surface area contributed by atoms with Crippen molar-refractivity contribution in [3.05, 3.63) is 11.1 Å². The molecule has 0 radical (unpaired) electrons. The normalized spacial score (nSPS) is 19.4. The molecular weight excluding hydrogens is 278 g/mol. The highest BCUT2D eigenvalue weighted by atomic mass is 32.1. The lowest BCUT2D eigenvalue weighted by Crippen LogP contribution is -2.27. The van der Waals surface area contributed by atoms with Gasteiger partial charge in [0.25, 0.3) is 0 Å². The molecule has 2 heterocycles. The van der Waals surface area contributed by atoms with Gasteiger partial charge in [-0.2, -0.15) is 0 Å². The maximum Gasteiger partial charge on any atom is 0.323 e. The summed E-state index contributed by atoms with van der Waals surface area (Å²) in [6.45, 7) is 1.26. The molecule has 1 aromatic rings. The van der Waals surface area contributed by atoms with E-state index in [0.29, 0.717) is 23.9 Å². The molecule has 0 spiro atoms. The molecule has 2 amide bonds. The summed E-state index contributed by atoms with van der Waals surface area (Å²) in [5.74, 6) is -0.223. The third kappa shape index (κ3) is 2.92. The van der Waals surface area contributed by atoms with Crippen LogP contribution in [-0.4, -0.2) is 36.2 Å². The minimum absolute atomic E-state index is 0.0879. The van der Waals surface area contributed by atoms with Gasteiger partial charge in [-0.15, -0.1) is 11.3 Å². The molecule has 1 aliphatic heterocycles. The lowest BCUT2D eigenvalue weighted by Gasteiger charge is -2.10. The van der Waals surface area contributed by atoms with Crippen LogP contribution in [0.3, 0.4) is 0 Å². The second kappa shape index (κ2) is 5.78. The molecule has 0 aromatic carbocycles. The molecule has 1 aromatic heterocycles. The summed E-state index contributed by atoms with van der Waals surface area (Å²) in [6, 6.07) is -0.126. The molecule has 3 rings (SSSR count). The number of aromatic nitrogens is 1. The highest BCUT2D eigenvalue weighted by Crippen LogP contribution is 2.24. The Morgan fingerprint density at radius 2 is 2.30 bits per heavy atom. The zero-order valence-electron chi connectivity index (χ0n) is 11.1. The Kier molecular flexibility index (Phi) is 3.86. The van der Waals surface area contributed by atoms with Crippen LogP contribution in [0.15, 0.2) is 5.38 Å². The van der Waals surface area contributed by atoms with E-state index in [1.54, 1.807) is 4.90 Å². The Morgan fingerprint density at radius 3 is 3.00 bits per heavy atom. The van der Waals surface area contributed by atoms with Gasteiger partial charge in [-0.1, -0.05) is 0 Å². The van der Waals surface area contributed by atoms with Gasteiger partial charge in [0.1, 0.15) is 6.10 Å². The first kappa shape index (κ1) is 13.4. The lowest BCUT2D eigenvalue weighted by molar-refractivity contribution is -0.147. The van der Waals surface area contributed by atoms with Gasteiger partial charge in [0.05, 0.1) is 12.1 Å². The van der Waals surface area contributed by atoms with Gasteiger partial charge < -0.3 is 10.1 Å². The summed E-state index contributed by atoms with van der Waals surface area (Å²) in [6.07, 6.45) is 4.50. The lowest BCUT2D eigenvalue weighted by atomic mass is 10.3. The fourth-order valence-electron chi connectivity index (χ4n) is 2.54. The number of hydrogen-bond acceptors (Lipinski definition) is 5. The van der Waals surface area contributed by atoms with E-state index in [1.165, 1.54) is 11.3 Å². The molecule has 2 fully saturated rings. The third-order valence-corrected chi connectivity index (χ3v) is 4.47. The van der Waals surface area contributed by atoms with E-state index < -0.39 is 0 Å². The molecule has 2 aliphatic rings. The number of urea groups is 1. The number of rotatable bonds is 4. The summed E-state index contributed by atoms with van der Waals surface area (Å²) in [5.41, 5.74) is 0.674. The van der Waals surface area contributed by atoms with Gasteiger partial charge in [0, 0.05) is 18.5 Å². The van der Waals surface area contributed by atoms with Crippen LogP contribution >= 0.6 is 11.3 Å². The van der Waals surface area contributed by atoms with Gasteiger partial charge in [-0.05, 0) is 25.7 Å². The molecule has 6 nitrogen and oxygen atoms in total. The zero-order valence-corrected chi connectivity index (χ0v) is 11.9. The number of nitrogens with zero attached hydrogens (tertiary/aromatic N) is 2. The van der Waals surface area contributed by atoms with Crippen LogP contribution in [0.4, 0.5) is 9.93 Å². The summed E-state index contributed by atoms with van der Waals surface area (Å²) >= 11 is 1.38. The monoisotopic (exact) mass is 295 g/mol. The van der Waals surface area contributed by atoms with Crippen molar-refractivity contribution in [3.63, 3.8) is 0 Å². The van der Waals surface area contributed by atoms with Crippen molar-refractivity contribution in [3.8, 4) is 0 Å². The second-order valence-electron chi connectivity index (χ2n) is 5.08. The number of carbonyl (C=O) groups is 2. The first-order valence-electron chi connectivity index (χ1n) is 6.91. The van der Waals surface area contributed by atoms with Crippen LogP contribution in [0.5, 0.6) is 0 Å². The second-order valence-corrected chi connectivity index (χ2v) is 5.91. The average Bonchev–Trinajstić information content (AvgIpc) is 3.11. The van der Waals surface area contributed by atoms with Crippen molar-refractivity contribution in [2.75, 3.05) is 18.0 Å². The first-order chi connectivity index (χ1) is 9.72. The number of hydrogen-bond donors (Lipinski definition) is 1. The summed E-state index contributed by atoms with van der Waals surface area (Å²) in [4.78, 5) is 29.3. The van der Waals surface area contributed by atoms with Crippen molar-refractivity contribution in [2.24, 2.45) is 0 Å². The van der Waals surface area contributed by atoms with Crippen molar-refractivity contribution in [2.45, 2.75) is 38.2 Å². The number of ether oxygens (including phenoxy) is 1. The molecule has 108 valence electrons. The average molecular weight is 295 g/mol. The fraction of sp³-hybridized carbons (Fsp3) is 0.615. The summed E-state index contributed by atoms with van der Waals surface area (Å²) < 4.78 is 5.40. The molecule has 0 bridgehead atoms. The van der Waals surface area contributed by atoms with Crippen LogP contribution in [-0.2, 0) is 16.0 Å². The van der Waals surface area contributed by atoms with E-state index in [1.807, 2.05) is 5.38 Å². The standard InChI is InChI=1S/C13H17N3O3S/c17-11(19-10-3-1-2-4-10)7-9-8-20-13(15-9)16-6-5-14-12(16)18/h8,10H,1-7H2,(H,14,18). The van der Waals surface area contributed by atoms with Crippen LogP contribution in [0, 0.1) is 0 Å². The maximum atomic E-state index is 11.8. The fourth-order valence-corrected chi connectivity index (χ4v) is 3.39. The predicted molar refractivity (Wildman–Crippen MR) is 74.9 cm³/mol. The molecule has 0 unspecified atom stereocenters. The number of thiazole rings is 1. The van der Waals surface area contributed by atoms with Gasteiger partial charge in [-0.3, -0.25) is 9.69 Å². The molecule has 0 atom stereocenters. The minimum atomic E-state index is -0.223. The van der Waals surface area contributed by atoms with E-state index in [4.69, 9.17) is 4.74 Å². The Bertz CT molecular complexity index is 511. The van der Waals surface area contributed by atoms with Crippen molar-refractivity contribution < 1.29 is 14.3 Å².